The lowest BCUT2D eigenvalue weighted by Gasteiger charge is -2.17. The van der Waals surface area contributed by atoms with Gasteiger partial charge in [0.05, 0.1) is 16.2 Å². The summed E-state index contributed by atoms with van der Waals surface area (Å²) in [5, 5.41) is 16.1. The molecule has 4 aromatic rings. The summed E-state index contributed by atoms with van der Waals surface area (Å²) in [6.07, 6.45) is 4.65. The topological polar surface area (TPSA) is 111 Å². The normalized spacial score (nSPS) is 11.5. The number of esters is 1. The minimum absolute atomic E-state index is 0.0247. The number of unbranched alkanes of at least 4 members (excludes halogenated alkanes) is 3. The van der Waals surface area contributed by atoms with Crippen LogP contribution in [-0.4, -0.2) is 21.8 Å². The molecule has 8 nitrogen and oxygen atoms in total. The summed E-state index contributed by atoms with van der Waals surface area (Å²) in [7, 11) is 0. The van der Waals surface area contributed by atoms with Crippen molar-refractivity contribution in [2.75, 3.05) is 5.32 Å². The minimum atomic E-state index is -1.28. The maximum Gasteiger partial charge on any atom is 0.339 e. The summed E-state index contributed by atoms with van der Waals surface area (Å²) in [5.41, 5.74) is 3.15. The summed E-state index contributed by atoms with van der Waals surface area (Å²) >= 11 is 1.27. The van der Waals surface area contributed by atoms with Crippen LogP contribution in [-0.2, 0) is 16.0 Å². The average Bonchev–Trinajstić information content (AvgIpc) is 3.43. The predicted octanol–water partition coefficient (Wildman–Crippen LogP) is 7.38. The summed E-state index contributed by atoms with van der Waals surface area (Å²) < 4.78 is 5.55. The molecule has 0 aliphatic heterocycles. The highest BCUT2D eigenvalue weighted by molar-refractivity contribution is 7.14. The molecule has 9 heteroatoms. The van der Waals surface area contributed by atoms with Gasteiger partial charge in [-0.2, -0.15) is 0 Å². The fraction of sp³-hybridized carbons (Fsp3) is 0.233. The molecule has 200 valence electrons. The van der Waals surface area contributed by atoms with Gasteiger partial charge >= 0.3 is 5.97 Å². The molecule has 39 heavy (non-hydrogen) atoms. The number of non-ortho nitro benzene ring substituents is 1. The Morgan fingerprint density at radius 3 is 2.49 bits per heavy atom. The maximum atomic E-state index is 13.3. The lowest BCUT2D eigenvalue weighted by atomic mass is 10.0. The molecule has 0 fully saturated rings. The molecule has 1 unspecified atom stereocenters. The summed E-state index contributed by atoms with van der Waals surface area (Å²) in [6, 6.07) is 22.0. The fourth-order valence-corrected chi connectivity index (χ4v) is 4.78. The highest BCUT2D eigenvalue weighted by Crippen LogP contribution is 2.28. The van der Waals surface area contributed by atoms with Gasteiger partial charge in [-0.1, -0.05) is 86.8 Å². The zero-order chi connectivity index (χ0) is 27.6. The summed E-state index contributed by atoms with van der Waals surface area (Å²) in [6.45, 7) is 2.20. The molecule has 0 radical (unpaired) electrons. The first-order valence-corrected chi connectivity index (χ1v) is 13.7. The van der Waals surface area contributed by atoms with Crippen LogP contribution in [0.1, 0.15) is 60.2 Å². The van der Waals surface area contributed by atoms with Crippen molar-refractivity contribution in [1.29, 1.82) is 0 Å². The summed E-state index contributed by atoms with van der Waals surface area (Å²) in [4.78, 5) is 41.2. The molecule has 4 rings (SSSR count). The third kappa shape index (κ3) is 7.58. The highest BCUT2D eigenvalue weighted by atomic mass is 32.1. The van der Waals surface area contributed by atoms with E-state index in [2.05, 4.69) is 29.4 Å². The van der Waals surface area contributed by atoms with E-state index in [9.17, 15) is 19.7 Å². The number of benzene rings is 3. The molecule has 3 aromatic carbocycles. The number of amides is 1. The molecule has 0 saturated carbocycles. The minimum Gasteiger partial charge on any atom is -0.444 e. The maximum absolute atomic E-state index is 13.3. The molecule has 1 heterocycles. The Labute approximate surface area is 230 Å². The van der Waals surface area contributed by atoms with Crippen LogP contribution in [0, 0.1) is 10.1 Å². The third-order valence-electron chi connectivity index (χ3n) is 6.16. The molecule has 1 N–H and O–H groups in total. The van der Waals surface area contributed by atoms with Crippen molar-refractivity contribution in [1.82, 2.24) is 4.98 Å². The molecule has 0 saturated heterocycles. The number of nitro groups is 1. The number of nitrogens with one attached hydrogen (secondary N) is 1. The zero-order valence-electron chi connectivity index (χ0n) is 21.5. The molecule has 0 spiro atoms. The largest absolute Gasteiger partial charge is 0.444 e. The van der Waals surface area contributed by atoms with Gasteiger partial charge in [0.2, 0.25) is 6.10 Å². The molecule has 1 aromatic heterocycles. The van der Waals surface area contributed by atoms with Gasteiger partial charge in [0.25, 0.3) is 11.6 Å². The van der Waals surface area contributed by atoms with E-state index in [-0.39, 0.29) is 11.3 Å². The van der Waals surface area contributed by atoms with Crippen molar-refractivity contribution in [2.24, 2.45) is 0 Å². The smallest absolute Gasteiger partial charge is 0.339 e. The van der Waals surface area contributed by atoms with Crippen molar-refractivity contribution in [3.63, 3.8) is 0 Å². The first kappa shape index (κ1) is 27.7. The molecule has 0 bridgehead atoms. The highest BCUT2D eigenvalue weighted by Gasteiger charge is 2.27. The number of rotatable bonds is 12. The van der Waals surface area contributed by atoms with E-state index in [0.717, 1.165) is 23.7 Å². The summed E-state index contributed by atoms with van der Waals surface area (Å²) in [5.74, 6) is -1.43. The number of nitrogens with zero attached hydrogens (tertiary/aromatic N) is 2. The standard InChI is InChI=1S/C30H29N3O5S/c1-2-3-4-6-10-21-15-17-22(18-16-21)26-20-39-30(31-26)32-28(34)27(23-11-7-5-8-12-23)38-29(35)24-13-9-14-25(19-24)33(36)37/h5,7-9,11-20,27H,2-4,6,10H2,1H3,(H,31,32,34). The van der Waals surface area contributed by atoms with Gasteiger partial charge < -0.3 is 4.74 Å². The zero-order valence-corrected chi connectivity index (χ0v) is 22.4. The van der Waals surface area contributed by atoms with Gasteiger partial charge in [-0.25, -0.2) is 9.78 Å². The number of aromatic nitrogens is 1. The molecule has 0 aliphatic carbocycles. The van der Waals surface area contributed by atoms with E-state index in [4.69, 9.17) is 4.74 Å². The Morgan fingerprint density at radius 2 is 1.77 bits per heavy atom. The van der Waals surface area contributed by atoms with Crippen LogP contribution < -0.4 is 5.32 Å². The fourth-order valence-electron chi connectivity index (χ4n) is 4.06. The molecule has 1 atom stereocenters. The Balaban J connectivity index is 1.46. The van der Waals surface area contributed by atoms with Crippen LogP contribution >= 0.6 is 11.3 Å². The van der Waals surface area contributed by atoms with Gasteiger partial charge in [-0.3, -0.25) is 20.2 Å². The number of hydrogen-bond acceptors (Lipinski definition) is 7. The van der Waals surface area contributed by atoms with Crippen molar-refractivity contribution in [3.05, 3.63) is 111 Å². The third-order valence-corrected chi connectivity index (χ3v) is 6.92. The van der Waals surface area contributed by atoms with E-state index < -0.39 is 22.9 Å². The first-order chi connectivity index (χ1) is 18.9. The molecule has 1 amide bonds. The van der Waals surface area contributed by atoms with Crippen LogP contribution in [0.2, 0.25) is 0 Å². The van der Waals surface area contributed by atoms with Crippen LogP contribution in [0.25, 0.3) is 11.3 Å². The number of nitro benzene ring substituents is 1. The van der Waals surface area contributed by atoms with Crippen molar-refractivity contribution >= 4 is 34.0 Å². The monoisotopic (exact) mass is 543 g/mol. The number of carbonyl (C=O) groups excluding carboxylic acids is 2. The molecule has 0 aliphatic rings. The first-order valence-electron chi connectivity index (χ1n) is 12.8. The molecular weight excluding hydrogens is 514 g/mol. The predicted molar refractivity (Wildman–Crippen MR) is 152 cm³/mol. The van der Waals surface area contributed by atoms with Gasteiger partial charge in [-0.15, -0.1) is 11.3 Å². The second-order valence-electron chi connectivity index (χ2n) is 9.04. The Morgan fingerprint density at radius 1 is 1.00 bits per heavy atom. The van der Waals surface area contributed by atoms with E-state index in [1.165, 1.54) is 60.8 Å². The van der Waals surface area contributed by atoms with E-state index in [1.807, 2.05) is 17.5 Å². The number of hydrogen-bond donors (Lipinski definition) is 1. The average molecular weight is 544 g/mol. The lowest BCUT2D eigenvalue weighted by molar-refractivity contribution is -0.384. The number of carbonyl (C=O) groups is 2. The van der Waals surface area contributed by atoms with Crippen molar-refractivity contribution in [2.45, 2.75) is 45.1 Å². The Hall–Kier alpha value is -4.37. The van der Waals surface area contributed by atoms with Gasteiger partial charge in [0.15, 0.2) is 5.13 Å². The van der Waals surface area contributed by atoms with Crippen LogP contribution in [0.3, 0.4) is 0 Å². The Bertz CT molecular complexity index is 1420. The van der Waals surface area contributed by atoms with Gasteiger partial charge in [-0.05, 0) is 24.5 Å². The van der Waals surface area contributed by atoms with Crippen LogP contribution in [0.5, 0.6) is 0 Å². The van der Waals surface area contributed by atoms with Crippen molar-refractivity contribution in [3.8, 4) is 11.3 Å². The van der Waals surface area contributed by atoms with E-state index in [1.54, 1.807) is 30.3 Å². The van der Waals surface area contributed by atoms with E-state index >= 15 is 0 Å². The number of anilines is 1. The SMILES string of the molecule is CCCCCCc1ccc(-c2csc(NC(=O)C(OC(=O)c3cccc([N+](=O)[O-])c3)c3ccccc3)n2)cc1. The number of ether oxygens (including phenoxy) is 1. The van der Waals surface area contributed by atoms with Crippen molar-refractivity contribution < 1.29 is 19.2 Å². The Kier molecular flexibility index (Phi) is 9.53. The number of aryl methyl sites for hydroxylation is 1. The molecular formula is C30H29N3O5S. The van der Waals surface area contributed by atoms with E-state index in [0.29, 0.717) is 10.7 Å². The quantitative estimate of drug-likeness (QED) is 0.0864. The van der Waals surface area contributed by atoms with Gasteiger partial charge in [0.1, 0.15) is 0 Å². The van der Waals surface area contributed by atoms with Crippen LogP contribution in [0.15, 0.2) is 84.2 Å². The number of thiazole rings is 1. The lowest BCUT2D eigenvalue weighted by Crippen LogP contribution is -2.26. The second-order valence-corrected chi connectivity index (χ2v) is 9.90. The second kappa shape index (κ2) is 13.4. The van der Waals surface area contributed by atoms with Gasteiger partial charge in [0, 0.05) is 28.6 Å². The van der Waals surface area contributed by atoms with Crippen LogP contribution in [0.4, 0.5) is 10.8 Å².